The standard InChI is InChI=1S/C21H25NO4Si/c1-25-19-8-5-16(6-9-19)15-26-20-14-22-18(7-10-21(23)24)13-17(20)11-12-27(2,3)4/h5-6,8-9,13-14H,7,10,15H2,1-4H3,(H,23,24). The Morgan fingerprint density at radius 1 is 1.22 bits per heavy atom. The zero-order valence-electron chi connectivity index (χ0n) is 16.2. The van der Waals surface area contributed by atoms with Gasteiger partial charge in [-0.3, -0.25) is 9.78 Å². The van der Waals surface area contributed by atoms with Gasteiger partial charge >= 0.3 is 5.97 Å². The van der Waals surface area contributed by atoms with Gasteiger partial charge < -0.3 is 14.6 Å². The normalized spacial score (nSPS) is 10.7. The second kappa shape index (κ2) is 9.24. The number of rotatable bonds is 7. The summed E-state index contributed by atoms with van der Waals surface area (Å²) < 4.78 is 11.1. The molecule has 1 N–H and O–H groups in total. The molecule has 0 saturated heterocycles. The van der Waals surface area contributed by atoms with Gasteiger partial charge in [-0.05, 0) is 23.8 Å². The summed E-state index contributed by atoms with van der Waals surface area (Å²) in [7, 11) is 0.0723. The molecule has 0 amide bonds. The van der Waals surface area contributed by atoms with Crippen molar-refractivity contribution in [2.24, 2.45) is 0 Å². The molecule has 0 aliphatic carbocycles. The summed E-state index contributed by atoms with van der Waals surface area (Å²) in [5.74, 6) is 3.78. The number of aromatic nitrogens is 1. The molecule has 0 radical (unpaired) electrons. The molecule has 2 rings (SSSR count). The Balaban J connectivity index is 2.21. The van der Waals surface area contributed by atoms with Crippen molar-refractivity contribution in [3.63, 3.8) is 0 Å². The van der Waals surface area contributed by atoms with E-state index in [9.17, 15) is 4.79 Å². The smallest absolute Gasteiger partial charge is 0.303 e. The van der Waals surface area contributed by atoms with Crippen molar-refractivity contribution in [3.05, 3.63) is 53.3 Å². The van der Waals surface area contributed by atoms with Crippen LogP contribution >= 0.6 is 0 Å². The van der Waals surface area contributed by atoms with Crippen molar-refractivity contribution in [2.45, 2.75) is 39.1 Å². The molecule has 27 heavy (non-hydrogen) atoms. The second-order valence-corrected chi connectivity index (χ2v) is 12.0. The lowest BCUT2D eigenvalue weighted by molar-refractivity contribution is -0.136. The van der Waals surface area contributed by atoms with Gasteiger partial charge in [-0.2, -0.15) is 0 Å². The number of methoxy groups -OCH3 is 1. The van der Waals surface area contributed by atoms with Crippen molar-refractivity contribution in [1.29, 1.82) is 0 Å². The molecule has 6 heteroatoms. The van der Waals surface area contributed by atoms with Crippen LogP contribution in [0.1, 0.15) is 23.2 Å². The minimum Gasteiger partial charge on any atom is -0.497 e. The zero-order valence-corrected chi connectivity index (χ0v) is 17.2. The maximum absolute atomic E-state index is 10.8. The van der Waals surface area contributed by atoms with Gasteiger partial charge in [0.25, 0.3) is 0 Å². The molecule has 0 saturated carbocycles. The summed E-state index contributed by atoms with van der Waals surface area (Å²) >= 11 is 0. The second-order valence-electron chi connectivity index (χ2n) is 7.20. The van der Waals surface area contributed by atoms with E-state index in [1.165, 1.54) is 0 Å². The van der Waals surface area contributed by atoms with Gasteiger partial charge in [0.15, 0.2) is 5.75 Å². The number of carbonyl (C=O) groups is 1. The number of carboxylic acids is 1. The van der Waals surface area contributed by atoms with E-state index in [2.05, 4.69) is 36.1 Å². The van der Waals surface area contributed by atoms with E-state index < -0.39 is 14.0 Å². The molecule has 0 fully saturated rings. The van der Waals surface area contributed by atoms with Crippen LogP contribution in [0.25, 0.3) is 0 Å². The average molecular weight is 384 g/mol. The summed E-state index contributed by atoms with van der Waals surface area (Å²) in [4.78, 5) is 15.1. The molecule has 1 aromatic heterocycles. The fraction of sp³-hybridized carbons (Fsp3) is 0.333. The Labute approximate surface area is 161 Å². The fourth-order valence-corrected chi connectivity index (χ4v) is 2.72. The van der Waals surface area contributed by atoms with Crippen LogP contribution in [0.2, 0.25) is 19.6 Å². The number of hydrogen-bond acceptors (Lipinski definition) is 4. The summed E-state index contributed by atoms with van der Waals surface area (Å²) in [6.45, 7) is 6.90. The molecule has 0 atom stereocenters. The van der Waals surface area contributed by atoms with Crippen LogP contribution in [-0.2, 0) is 17.8 Å². The molecule has 5 nitrogen and oxygen atoms in total. The lowest BCUT2D eigenvalue weighted by atomic mass is 10.1. The van der Waals surface area contributed by atoms with E-state index in [4.69, 9.17) is 14.6 Å². The van der Waals surface area contributed by atoms with Gasteiger partial charge in [0, 0.05) is 12.1 Å². The topological polar surface area (TPSA) is 68.7 Å². The molecule has 0 unspecified atom stereocenters. The highest BCUT2D eigenvalue weighted by Crippen LogP contribution is 2.21. The first-order valence-electron chi connectivity index (χ1n) is 8.76. The third kappa shape index (κ3) is 7.16. The van der Waals surface area contributed by atoms with E-state index >= 15 is 0 Å². The summed E-state index contributed by atoms with van der Waals surface area (Å²) in [6, 6.07) is 9.50. The lowest BCUT2D eigenvalue weighted by Gasteiger charge is -2.11. The largest absolute Gasteiger partial charge is 0.497 e. The van der Waals surface area contributed by atoms with E-state index in [0.29, 0.717) is 24.5 Å². The van der Waals surface area contributed by atoms with Gasteiger partial charge in [0.05, 0.1) is 25.3 Å². The van der Waals surface area contributed by atoms with Crippen molar-refractivity contribution in [1.82, 2.24) is 4.98 Å². The maximum Gasteiger partial charge on any atom is 0.303 e. The summed E-state index contributed by atoms with van der Waals surface area (Å²) in [5, 5.41) is 8.87. The van der Waals surface area contributed by atoms with Crippen molar-refractivity contribution < 1.29 is 19.4 Å². The Morgan fingerprint density at radius 2 is 1.93 bits per heavy atom. The van der Waals surface area contributed by atoms with Gasteiger partial charge in [0.2, 0.25) is 0 Å². The van der Waals surface area contributed by atoms with Gasteiger partial charge in [-0.25, -0.2) is 0 Å². The number of carboxylic acid groups (broad SMARTS) is 1. The fourth-order valence-electron chi connectivity index (χ4n) is 2.21. The van der Waals surface area contributed by atoms with E-state index in [1.54, 1.807) is 13.3 Å². The molecule has 1 heterocycles. The molecule has 0 bridgehead atoms. The first-order chi connectivity index (χ1) is 12.8. The number of benzene rings is 1. The van der Waals surface area contributed by atoms with Gasteiger partial charge in [-0.1, -0.05) is 37.7 Å². The molecular weight excluding hydrogens is 358 g/mol. The predicted molar refractivity (Wildman–Crippen MR) is 108 cm³/mol. The Hall–Kier alpha value is -2.78. The SMILES string of the molecule is COc1ccc(COc2cnc(CCC(=O)O)cc2C#C[Si](C)(C)C)cc1. The van der Waals surface area contributed by atoms with Crippen LogP contribution in [0.5, 0.6) is 11.5 Å². The monoisotopic (exact) mass is 383 g/mol. The quantitative estimate of drug-likeness (QED) is 0.580. The number of nitrogens with zero attached hydrogens (tertiary/aromatic N) is 1. The molecule has 2 aromatic rings. The first kappa shape index (κ1) is 20.5. The Morgan fingerprint density at radius 3 is 2.52 bits per heavy atom. The zero-order chi connectivity index (χ0) is 19.9. The van der Waals surface area contributed by atoms with Crippen molar-refractivity contribution in [3.8, 4) is 23.0 Å². The van der Waals surface area contributed by atoms with Crippen LogP contribution in [-0.4, -0.2) is 31.2 Å². The maximum atomic E-state index is 10.8. The molecule has 142 valence electrons. The van der Waals surface area contributed by atoms with Crippen molar-refractivity contribution >= 4 is 14.0 Å². The van der Waals surface area contributed by atoms with E-state index in [1.807, 2.05) is 30.3 Å². The minimum absolute atomic E-state index is 0.0416. The van der Waals surface area contributed by atoms with E-state index in [0.717, 1.165) is 16.9 Å². The number of ether oxygens (including phenoxy) is 2. The number of hydrogen-bond donors (Lipinski definition) is 1. The third-order valence-electron chi connectivity index (χ3n) is 3.64. The molecule has 0 spiro atoms. The Bertz CT molecular complexity index is 845. The molecule has 0 aliphatic rings. The van der Waals surface area contributed by atoms with Gasteiger partial charge in [0.1, 0.15) is 20.4 Å². The van der Waals surface area contributed by atoms with Gasteiger partial charge in [-0.15, -0.1) is 5.54 Å². The first-order valence-corrected chi connectivity index (χ1v) is 12.3. The highest BCUT2D eigenvalue weighted by molar-refractivity contribution is 6.83. The molecular formula is C21H25NO4Si. The van der Waals surface area contributed by atoms with Crippen LogP contribution in [0.15, 0.2) is 36.5 Å². The summed E-state index contributed by atoms with van der Waals surface area (Å²) in [5.41, 5.74) is 5.80. The van der Waals surface area contributed by atoms with Crippen LogP contribution in [0.4, 0.5) is 0 Å². The Kier molecular flexibility index (Phi) is 7.03. The van der Waals surface area contributed by atoms with E-state index in [-0.39, 0.29) is 6.42 Å². The minimum atomic E-state index is -1.56. The molecule has 1 aromatic carbocycles. The number of aryl methyl sites for hydroxylation is 1. The van der Waals surface area contributed by atoms with Crippen molar-refractivity contribution in [2.75, 3.05) is 7.11 Å². The predicted octanol–water partition coefficient (Wildman–Crippen LogP) is 3.92. The highest BCUT2D eigenvalue weighted by atomic mass is 28.3. The summed E-state index contributed by atoms with van der Waals surface area (Å²) in [6.07, 6.45) is 2.05. The average Bonchev–Trinajstić information content (AvgIpc) is 2.63. The van der Waals surface area contributed by atoms with Crippen LogP contribution in [0.3, 0.4) is 0 Å². The number of aliphatic carboxylic acids is 1. The highest BCUT2D eigenvalue weighted by Gasteiger charge is 2.11. The lowest BCUT2D eigenvalue weighted by Crippen LogP contribution is -2.16. The van der Waals surface area contributed by atoms with Crippen LogP contribution in [0, 0.1) is 11.5 Å². The van der Waals surface area contributed by atoms with Crippen LogP contribution < -0.4 is 9.47 Å². The molecule has 0 aliphatic heterocycles. The number of pyridine rings is 1. The third-order valence-corrected chi connectivity index (χ3v) is 4.52.